The summed E-state index contributed by atoms with van der Waals surface area (Å²) in [7, 11) is 0. The zero-order chi connectivity index (χ0) is 11.4. The van der Waals surface area contributed by atoms with Crippen LogP contribution >= 0.6 is 0 Å². The van der Waals surface area contributed by atoms with Crippen molar-refractivity contribution in [1.82, 2.24) is 0 Å². The van der Waals surface area contributed by atoms with Crippen LogP contribution in [0.5, 0.6) is 5.75 Å². The first-order chi connectivity index (χ1) is 7.75. The van der Waals surface area contributed by atoms with Crippen LogP contribution in [0.25, 0.3) is 0 Å². The molecule has 0 saturated carbocycles. The van der Waals surface area contributed by atoms with Gasteiger partial charge in [-0.2, -0.15) is 0 Å². The lowest BCUT2D eigenvalue weighted by molar-refractivity contribution is 0.0970. The average Bonchev–Trinajstić information content (AvgIpc) is 2.76. The number of hydrogen-bond acceptors (Lipinski definition) is 3. The van der Waals surface area contributed by atoms with Crippen LogP contribution in [0.2, 0.25) is 0 Å². The molecule has 0 bridgehead atoms. The number of carbonyl (C=O) groups excluding carboxylic acids is 1. The smallest absolute Gasteiger partial charge is 0.284 e. The van der Waals surface area contributed by atoms with Crippen molar-refractivity contribution in [1.29, 1.82) is 0 Å². The van der Waals surface area contributed by atoms with Gasteiger partial charge in [0.1, 0.15) is 18.1 Å². The molecule has 2 rings (SSSR count). The number of ether oxygens (including phenoxy) is 1. The van der Waals surface area contributed by atoms with Gasteiger partial charge in [0.25, 0.3) is 5.91 Å². The molecule has 0 radical (unpaired) electrons. The normalized spacial score (nSPS) is 10.0. The molecule has 0 unspecified atom stereocenters. The molecule has 1 heterocycles. The minimum absolute atomic E-state index is 0.145. The molecule has 0 fully saturated rings. The van der Waals surface area contributed by atoms with Gasteiger partial charge in [-0.1, -0.05) is 18.2 Å². The molecule has 2 N–H and O–H groups in total. The van der Waals surface area contributed by atoms with Crippen LogP contribution in [0.3, 0.4) is 0 Å². The van der Waals surface area contributed by atoms with Gasteiger partial charge >= 0.3 is 0 Å². The molecule has 0 atom stereocenters. The lowest BCUT2D eigenvalue weighted by Crippen LogP contribution is -2.09. The van der Waals surface area contributed by atoms with Gasteiger partial charge in [-0.25, -0.2) is 0 Å². The quantitative estimate of drug-likeness (QED) is 0.851. The summed E-state index contributed by atoms with van der Waals surface area (Å²) in [6.07, 6.45) is 0. The van der Waals surface area contributed by atoms with Gasteiger partial charge in [0, 0.05) is 0 Å². The molecule has 0 spiro atoms. The molecule has 16 heavy (non-hydrogen) atoms. The molecule has 2 aromatic rings. The van der Waals surface area contributed by atoms with E-state index in [0.717, 1.165) is 5.75 Å². The number of benzene rings is 1. The summed E-state index contributed by atoms with van der Waals surface area (Å²) in [5.74, 6) is 0.884. The van der Waals surface area contributed by atoms with Gasteiger partial charge in [0.05, 0.1) is 0 Å². The fourth-order valence-electron chi connectivity index (χ4n) is 1.26. The standard InChI is InChI=1S/C12H11NO3/c13-12(14)11-7-6-10(16-11)8-15-9-4-2-1-3-5-9/h1-7H,8H2,(H2,13,14). The third-order valence-electron chi connectivity index (χ3n) is 2.03. The van der Waals surface area contributed by atoms with E-state index < -0.39 is 5.91 Å². The Kier molecular flexibility index (Phi) is 2.91. The molecule has 1 aromatic carbocycles. The second kappa shape index (κ2) is 4.53. The SMILES string of the molecule is NC(=O)c1ccc(COc2ccccc2)o1. The van der Waals surface area contributed by atoms with Crippen LogP contribution in [0.4, 0.5) is 0 Å². The minimum atomic E-state index is -0.578. The Hall–Kier alpha value is -2.23. The van der Waals surface area contributed by atoms with E-state index in [1.807, 2.05) is 30.3 Å². The molecule has 1 aromatic heterocycles. The highest BCUT2D eigenvalue weighted by atomic mass is 16.5. The number of rotatable bonds is 4. The van der Waals surface area contributed by atoms with E-state index in [4.69, 9.17) is 14.9 Å². The Bertz CT molecular complexity index is 476. The number of primary amides is 1. The lowest BCUT2D eigenvalue weighted by atomic mass is 10.3. The summed E-state index contributed by atoms with van der Waals surface area (Å²) in [6.45, 7) is 0.275. The van der Waals surface area contributed by atoms with Crippen LogP contribution in [-0.2, 0) is 6.61 Å². The number of amides is 1. The Labute approximate surface area is 92.6 Å². The van der Waals surface area contributed by atoms with Gasteiger partial charge in [0.15, 0.2) is 5.76 Å². The Morgan fingerprint density at radius 2 is 1.94 bits per heavy atom. The summed E-state index contributed by atoms with van der Waals surface area (Å²) in [5, 5.41) is 0. The van der Waals surface area contributed by atoms with Crippen LogP contribution in [0.15, 0.2) is 46.9 Å². The molecule has 1 amide bonds. The van der Waals surface area contributed by atoms with E-state index in [2.05, 4.69) is 0 Å². The van der Waals surface area contributed by atoms with Crippen LogP contribution in [-0.4, -0.2) is 5.91 Å². The summed E-state index contributed by atoms with van der Waals surface area (Å²) in [6, 6.07) is 12.6. The van der Waals surface area contributed by atoms with Crippen molar-refractivity contribution in [3.05, 3.63) is 54.0 Å². The van der Waals surface area contributed by atoms with Crippen molar-refractivity contribution < 1.29 is 13.9 Å². The van der Waals surface area contributed by atoms with Crippen molar-refractivity contribution in [2.75, 3.05) is 0 Å². The molecule has 0 saturated heterocycles. The molecule has 0 aliphatic heterocycles. The summed E-state index contributed by atoms with van der Waals surface area (Å²) >= 11 is 0. The third kappa shape index (κ3) is 2.42. The highest BCUT2D eigenvalue weighted by Gasteiger charge is 2.07. The summed E-state index contributed by atoms with van der Waals surface area (Å²) < 4.78 is 10.6. The third-order valence-corrected chi connectivity index (χ3v) is 2.03. The van der Waals surface area contributed by atoms with Crippen molar-refractivity contribution in [3.63, 3.8) is 0 Å². The second-order valence-electron chi connectivity index (χ2n) is 3.23. The zero-order valence-electron chi connectivity index (χ0n) is 8.55. The van der Waals surface area contributed by atoms with Crippen LogP contribution < -0.4 is 10.5 Å². The highest BCUT2D eigenvalue weighted by Crippen LogP contribution is 2.13. The predicted molar refractivity (Wildman–Crippen MR) is 58.0 cm³/mol. The molecule has 4 nitrogen and oxygen atoms in total. The maximum Gasteiger partial charge on any atom is 0.284 e. The number of nitrogens with two attached hydrogens (primary N) is 1. The number of carbonyl (C=O) groups is 1. The van der Waals surface area contributed by atoms with E-state index >= 15 is 0 Å². The molecule has 82 valence electrons. The molecule has 4 heteroatoms. The molecular formula is C12H11NO3. The fraction of sp³-hybridized carbons (Fsp3) is 0.0833. The van der Waals surface area contributed by atoms with Crippen molar-refractivity contribution in [2.45, 2.75) is 6.61 Å². The van der Waals surface area contributed by atoms with Crippen molar-refractivity contribution >= 4 is 5.91 Å². The molecule has 0 aliphatic rings. The van der Waals surface area contributed by atoms with Gasteiger partial charge in [-0.15, -0.1) is 0 Å². The zero-order valence-corrected chi connectivity index (χ0v) is 8.55. The molecule has 0 aliphatic carbocycles. The largest absolute Gasteiger partial charge is 0.486 e. The average molecular weight is 217 g/mol. The van der Waals surface area contributed by atoms with Crippen molar-refractivity contribution in [3.8, 4) is 5.75 Å². The minimum Gasteiger partial charge on any atom is -0.486 e. The van der Waals surface area contributed by atoms with E-state index in [1.54, 1.807) is 6.07 Å². The van der Waals surface area contributed by atoms with Gasteiger partial charge in [-0.3, -0.25) is 4.79 Å². The first kappa shape index (κ1) is 10.3. The van der Waals surface area contributed by atoms with Gasteiger partial charge in [-0.05, 0) is 24.3 Å². The maximum atomic E-state index is 10.8. The summed E-state index contributed by atoms with van der Waals surface area (Å²) in [4.78, 5) is 10.8. The Morgan fingerprint density at radius 1 is 1.19 bits per heavy atom. The van der Waals surface area contributed by atoms with Gasteiger partial charge in [0.2, 0.25) is 0 Å². The van der Waals surface area contributed by atoms with Crippen LogP contribution in [0, 0.1) is 0 Å². The topological polar surface area (TPSA) is 65.5 Å². The monoisotopic (exact) mass is 217 g/mol. The van der Waals surface area contributed by atoms with Crippen molar-refractivity contribution in [2.24, 2.45) is 5.73 Å². The van der Waals surface area contributed by atoms with E-state index in [1.165, 1.54) is 6.07 Å². The Morgan fingerprint density at radius 3 is 2.56 bits per heavy atom. The van der Waals surface area contributed by atoms with E-state index in [-0.39, 0.29) is 12.4 Å². The maximum absolute atomic E-state index is 10.8. The predicted octanol–water partition coefficient (Wildman–Crippen LogP) is 1.96. The van der Waals surface area contributed by atoms with Gasteiger partial charge < -0.3 is 14.9 Å². The summed E-state index contributed by atoms with van der Waals surface area (Å²) in [5.41, 5.74) is 5.06. The fourth-order valence-corrected chi connectivity index (χ4v) is 1.26. The number of para-hydroxylation sites is 1. The molecular weight excluding hydrogens is 206 g/mol. The first-order valence-electron chi connectivity index (χ1n) is 4.82. The van der Waals surface area contributed by atoms with E-state index in [0.29, 0.717) is 5.76 Å². The second-order valence-corrected chi connectivity index (χ2v) is 3.23. The number of furan rings is 1. The highest BCUT2D eigenvalue weighted by molar-refractivity contribution is 5.89. The van der Waals surface area contributed by atoms with Crippen LogP contribution in [0.1, 0.15) is 16.3 Å². The lowest BCUT2D eigenvalue weighted by Gasteiger charge is -2.02. The Balaban J connectivity index is 1.97. The van der Waals surface area contributed by atoms with E-state index in [9.17, 15) is 4.79 Å². The number of hydrogen-bond donors (Lipinski definition) is 1. The first-order valence-corrected chi connectivity index (χ1v) is 4.82.